The van der Waals surface area contributed by atoms with Crippen LogP contribution in [0.15, 0.2) is 71.4 Å². The zero-order valence-corrected chi connectivity index (χ0v) is 19.8. The SMILES string of the molecule is NC(=O)C(c1ccon1)[N+]12CCC(CC1)[C@@H](OC(=O)C(O)(c1ccccc1)c1ccccc1Cl)C2. The molecule has 3 fully saturated rings. The first-order valence-electron chi connectivity index (χ1n) is 11.6. The summed E-state index contributed by atoms with van der Waals surface area (Å²) in [4.78, 5) is 26.3. The number of aromatic nitrogens is 1. The van der Waals surface area contributed by atoms with Crippen molar-refractivity contribution < 1.29 is 28.4 Å². The Labute approximate surface area is 207 Å². The number of amides is 1. The molecule has 0 radical (unpaired) electrons. The summed E-state index contributed by atoms with van der Waals surface area (Å²) in [7, 11) is 0. The van der Waals surface area contributed by atoms with E-state index in [1.54, 1.807) is 60.7 Å². The number of benzene rings is 2. The summed E-state index contributed by atoms with van der Waals surface area (Å²) in [6.45, 7) is 1.82. The Morgan fingerprint density at radius 1 is 1.11 bits per heavy atom. The maximum atomic E-state index is 13.7. The molecule has 3 saturated heterocycles. The van der Waals surface area contributed by atoms with Crippen LogP contribution in [-0.2, 0) is 19.9 Å². The number of ether oxygens (including phenoxy) is 1. The fraction of sp³-hybridized carbons (Fsp3) is 0.346. The molecule has 1 aromatic heterocycles. The van der Waals surface area contributed by atoms with E-state index in [9.17, 15) is 14.7 Å². The van der Waals surface area contributed by atoms with E-state index in [2.05, 4.69) is 5.16 Å². The maximum Gasteiger partial charge on any atom is 0.348 e. The van der Waals surface area contributed by atoms with Gasteiger partial charge < -0.3 is 24.6 Å². The molecule has 3 N–H and O–H groups in total. The lowest BCUT2D eigenvalue weighted by Crippen LogP contribution is -2.67. The van der Waals surface area contributed by atoms with Crippen molar-refractivity contribution in [1.82, 2.24) is 5.16 Å². The standard InChI is InChI=1S/C26H26ClN3O5/c27-20-9-5-4-8-19(20)26(33,18-6-2-1-3-7-18)25(32)35-22-16-30(13-10-17(22)11-14-30)23(24(28)31)21-12-15-34-29-21/h1-9,12,15,17,22-23,33H,10-11,13-14,16H2,(H-,28,31)/p+1/t17?,22-,23?,26?,30?/m0/s1. The lowest BCUT2D eigenvalue weighted by Gasteiger charge is -2.54. The predicted molar refractivity (Wildman–Crippen MR) is 127 cm³/mol. The van der Waals surface area contributed by atoms with Gasteiger partial charge in [0, 0.05) is 35.4 Å². The van der Waals surface area contributed by atoms with Crippen LogP contribution in [-0.4, -0.2) is 52.4 Å². The number of piperidine rings is 3. The summed E-state index contributed by atoms with van der Waals surface area (Å²) in [6.07, 6.45) is 2.43. The van der Waals surface area contributed by atoms with Gasteiger partial charge >= 0.3 is 5.97 Å². The highest BCUT2D eigenvalue weighted by Crippen LogP contribution is 2.43. The van der Waals surface area contributed by atoms with Crippen molar-refractivity contribution in [3.05, 3.63) is 88.8 Å². The van der Waals surface area contributed by atoms with Crippen LogP contribution < -0.4 is 5.73 Å². The van der Waals surface area contributed by atoms with E-state index in [4.69, 9.17) is 26.6 Å². The molecule has 0 aliphatic carbocycles. The Morgan fingerprint density at radius 2 is 1.80 bits per heavy atom. The summed E-state index contributed by atoms with van der Waals surface area (Å²) in [5.74, 6) is -1.18. The number of rotatable bonds is 7. The van der Waals surface area contributed by atoms with Gasteiger partial charge in [-0.15, -0.1) is 0 Å². The average molecular weight is 497 g/mol. The van der Waals surface area contributed by atoms with Crippen LogP contribution in [0, 0.1) is 5.92 Å². The van der Waals surface area contributed by atoms with Crippen molar-refractivity contribution in [3.63, 3.8) is 0 Å². The van der Waals surface area contributed by atoms with Gasteiger partial charge in [-0.3, -0.25) is 4.79 Å². The second-order valence-corrected chi connectivity index (χ2v) is 9.82. The van der Waals surface area contributed by atoms with Gasteiger partial charge in [-0.1, -0.05) is 65.3 Å². The Morgan fingerprint density at radius 3 is 2.43 bits per heavy atom. The van der Waals surface area contributed by atoms with Gasteiger partial charge in [0.15, 0.2) is 11.8 Å². The predicted octanol–water partition coefficient (Wildman–Crippen LogP) is 2.94. The number of carbonyl (C=O) groups excluding carboxylic acids is 2. The first kappa shape index (κ1) is 23.5. The second kappa shape index (κ2) is 9.11. The highest BCUT2D eigenvalue weighted by Gasteiger charge is 2.55. The second-order valence-electron chi connectivity index (χ2n) is 9.42. The normalized spacial score (nSPS) is 26.0. The third-order valence-corrected chi connectivity index (χ3v) is 7.85. The van der Waals surface area contributed by atoms with E-state index >= 15 is 0 Å². The summed E-state index contributed by atoms with van der Waals surface area (Å²) < 4.78 is 11.4. The minimum absolute atomic E-state index is 0.121. The van der Waals surface area contributed by atoms with E-state index < -0.39 is 29.6 Å². The molecule has 4 heterocycles. The summed E-state index contributed by atoms with van der Waals surface area (Å²) >= 11 is 6.43. The molecule has 6 rings (SSSR count). The molecule has 3 aliphatic heterocycles. The molecule has 2 bridgehead atoms. The Balaban J connectivity index is 1.48. The average Bonchev–Trinajstić information content (AvgIpc) is 3.38. The third kappa shape index (κ3) is 4.01. The van der Waals surface area contributed by atoms with Gasteiger partial charge in [0.1, 0.15) is 12.8 Å². The molecule has 3 aromatic rings. The summed E-state index contributed by atoms with van der Waals surface area (Å²) in [5, 5.41) is 16.1. The number of hydrogen-bond acceptors (Lipinski definition) is 6. The molecule has 182 valence electrons. The number of halogens is 1. The van der Waals surface area contributed by atoms with Crippen molar-refractivity contribution in [1.29, 1.82) is 0 Å². The minimum Gasteiger partial charge on any atom is -0.453 e. The number of hydrogen-bond donors (Lipinski definition) is 2. The number of nitrogens with two attached hydrogens (primary N) is 1. The van der Waals surface area contributed by atoms with E-state index in [-0.39, 0.29) is 16.5 Å². The molecule has 2 unspecified atom stereocenters. The van der Waals surface area contributed by atoms with E-state index in [0.717, 1.165) is 12.8 Å². The number of quaternary nitrogens is 1. The fourth-order valence-corrected chi connectivity index (χ4v) is 6.03. The number of primary amides is 1. The van der Waals surface area contributed by atoms with E-state index in [1.165, 1.54) is 6.26 Å². The quantitative estimate of drug-likeness (QED) is 0.384. The molecule has 8 nitrogen and oxygen atoms in total. The lowest BCUT2D eigenvalue weighted by atomic mass is 9.80. The molecule has 0 spiro atoms. The smallest absolute Gasteiger partial charge is 0.348 e. The zero-order chi connectivity index (χ0) is 24.6. The first-order valence-corrected chi connectivity index (χ1v) is 12.0. The topological polar surface area (TPSA) is 116 Å². The number of fused-ring (bicyclic) bond motifs is 3. The molecule has 1 amide bonds. The molecule has 35 heavy (non-hydrogen) atoms. The van der Waals surface area contributed by atoms with Crippen molar-refractivity contribution in [2.45, 2.75) is 30.6 Å². The van der Waals surface area contributed by atoms with Crippen LogP contribution in [0.25, 0.3) is 0 Å². The maximum absolute atomic E-state index is 13.7. The van der Waals surface area contributed by atoms with Crippen molar-refractivity contribution in [2.75, 3.05) is 19.6 Å². The van der Waals surface area contributed by atoms with Crippen LogP contribution in [0.4, 0.5) is 0 Å². The van der Waals surface area contributed by atoms with E-state index in [0.29, 0.717) is 35.4 Å². The first-order chi connectivity index (χ1) is 16.8. The van der Waals surface area contributed by atoms with Crippen LogP contribution >= 0.6 is 11.6 Å². The monoisotopic (exact) mass is 496 g/mol. The Kier molecular flexibility index (Phi) is 6.13. The number of aliphatic hydroxyl groups is 1. The van der Waals surface area contributed by atoms with Gasteiger partial charge in [-0.25, -0.2) is 4.79 Å². The molecule has 2 aromatic carbocycles. The molecule has 3 atom stereocenters. The summed E-state index contributed by atoms with van der Waals surface area (Å²) in [6, 6.07) is 16.3. The third-order valence-electron chi connectivity index (χ3n) is 7.52. The number of nitrogens with zero attached hydrogens (tertiary/aromatic N) is 2. The van der Waals surface area contributed by atoms with Crippen LogP contribution in [0.5, 0.6) is 0 Å². The van der Waals surface area contributed by atoms with Crippen molar-refractivity contribution in [3.8, 4) is 0 Å². The molecule has 3 aliphatic rings. The minimum atomic E-state index is -2.09. The van der Waals surface area contributed by atoms with E-state index in [1.807, 2.05) is 0 Å². The largest absolute Gasteiger partial charge is 0.453 e. The lowest BCUT2D eigenvalue weighted by molar-refractivity contribution is -0.965. The van der Waals surface area contributed by atoms with Crippen molar-refractivity contribution in [2.24, 2.45) is 11.7 Å². The fourth-order valence-electron chi connectivity index (χ4n) is 5.76. The highest BCUT2D eigenvalue weighted by molar-refractivity contribution is 6.31. The molecular weight excluding hydrogens is 470 g/mol. The number of esters is 1. The van der Waals surface area contributed by atoms with Gasteiger partial charge in [0.2, 0.25) is 11.6 Å². The molecular formula is C26H27ClN3O5+. The van der Waals surface area contributed by atoms with Crippen molar-refractivity contribution >= 4 is 23.5 Å². The zero-order valence-electron chi connectivity index (χ0n) is 19.0. The number of carbonyl (C=O) groups is 2. The summed E-state index contributed by atoms with van der Waals surface area (Å²) in [5.41, 5.74) is 4.82. The molecule has 9 heteroatoms. The van der Waals surface area contributed by atoms with Gasteiger partial charge in [-0.2, -0.15) is 0 Å². The Bertz CT molecular complexity index is 1210. The van der Waals surface area contributed by atoms with Gasteiger partial charge in [-0.05, 0) is 11.6 Å². The van der Waals surface area contributed by atoms with Crippen LogP contribution in [0.3, 0.4) is 0 Å². The van der Waals surface area contributed by atoms with Crippen LogP contribution in [0.1, 0.15) is 35.7 Å². The van der Waals surface area contributed by atoms with Crippen LogP contribution in [0.2, 0.25) is 5.02 Å². The molecule has 0 saturated carbocycles. The van der Waals surface area contributed by atoms with Gasteiger partial charge in [0.05, 0.1) is 13.1 Å². The Hall–Kier alpha value is -3.20. The highest BCUT2D eigenvalue weighted by atomic mass is 35.5. The van der Waals surface area contributed by atoms with Gasteiger partial charge in [0.25, 0.3) is 5.91 Å².